The van der Waals surface area contributed by atoms with Gasteiger partial charge < -0.3 is 10.1 Å². The molecule has 1 aromatic heterocycles. The molecule has 1 saturated carbocycles. The molecule has 0 bridgehead atoms. The van der Waals surface area contributed by atoms with E-state index in [1.807, 2.05) is 35.7 Å². The molecular weight excluding hydrogens is 486 g/mol. The van der Waals surface area contributed by atoms with E-state index in [4.69, 9.17) is 17.0 Å². The molecule has 2 fully saturated rings. The highest BCUT2D eigenvalue weighted by Crippen LogP contribution is 2.33. The molecule has 9 heteroatoms. The molecule has 6 nitrogen and oxygen atoms in total. The summed E-state index contributed by atoms with van der Waals surface area (Å²) in [6.07, 6.45) is 12.8. The number of hydrogen-bond donors (Lipinski definition) is 1. The Morgan fingerprint density at radius 2 is 1.97 bits per heavy atom. The number of anilines is 1. The van der Waals surface area contributed by atoms with Crippen molar-refractivity contribution in [2.45, 2.75) is 63.9 Å². The van der Waals surface area contributed by atoms with E-state index in [2.05, 4.69) is 10.3 Å². The quantitative estimate of drug-likeness (QED) is 0.229. The van der Waals surface area contributed by atoms with Gasteiger partial charge in [0, 0.05) is 24.5 Å². The van der Waals surface area contributed by atoms with Gasteiger partial charge in [-0.15, -0.1) is 11.3 Å². The summed E-state index contributed by atoms with van der Waals surface area (Å²) in [6, 6.07) is 7.93. The minimum Gasteiger partial charge on any atom is -0.490 e. The number of carbonyl (C=O) groups is 2. The minimum atomic E-state index is -0.0426. The summed E-state index contributed by atoms with van der Waals surface area (Å²) in [5.41, 5.74) is 0.961. The maximum Gasteiger partial charge on any atom is 0.266 e. The van der Waals surface area contributed by atoms with Crippen LogP contribution >= 0.6 is 35.3 Å². The van der Waals surface area contributed by atoms with E-state index in [0.29, 0.717) is 33.4 Å². The highest BCUT2D eigenvalue weighted by molar-refractivity contribution is 8.26. The third-order valence-electron chi connectivity index (χ3n) is 5.87. The number of unbranched alkanes of at least 4 members (excludes halogenated alkanes) is 2. The number of benzene rings is 1. The van der Waals surface area contributed by atoms with Crippen LogP contribution in [0.4, 0.5) is 5.13 Å². The van der Waals surface area contributed by atoms with E-state index >= 15 is 0 Å². The van der Waals surface area contributed by atoms with Gasteiger partial charge in [-0.05, 0) is 62.3 Å². The van der Waals surface area contributed by atoms with Gasteiger partial charge >= 0.3 is 0 Å². The lowest BCUT2D eigenvalue weighted by molar-refractivity contribution is -0.122. The van der Waals surface area contributed by atoms with E-state index in [-0.39, 0.29) is 11.8 Å². The summed E-state index contributed by atoms with van der Waals surface area (Å²) in [5.74, 6) is 0.814. The topological polar surface area (TPSA) is 71.5 Å². The fourth-order valence-electron chi connectivity index (χ4n) is 4.06. The molecule has 2 aliphatic rings. The van der Waals surface area contributed by atoms with Crippen LogP contribution in [0.15, 0.2) is 40.7 Å². The van der Waals surface area contributed by atoms with Gasteiger partial charge in [-0.2, -0.15) is 0 Å². The van der Waals surface area contributed by atoms with Gasteiger partial charge in [-0.3, -0.25) is 14.5 Å². The zero-order chi connectivity index (χ0) is 23.8. The molecule has 0 atom stereocenters. The molecule has 34 heavy (non-hydrogen) atoms. The fraction of sp³-hybridized carbons (Fsp3) is 0.440. The highest BCUT2D eigenvalue weighted by Gasteiger charge is 2.31. The predicted octanol–water partition coefficient (Wildman–Crippen LogP) is 6.25. The van der Waals surface area contributed by atoms with Crippen molar-refractivity contribution in [3.8, 4) is 5.75 Å². The predicted molar refractivity (Wildman–Crippen MR) is 143 cm³/mol. The molecule has 180 valence electrons. The Balaban J connectivity index is 1.20. The van der Waals surface area contributed by atoms with Crippen LogP contribution in [0.25, 0.3) is 6.08 Å². The van der Waals surface area contributed by atoms with Gasteiger partial charge in [0.2, 0.25) is 5.91 Å². The fourth-order valence-corrected chi connectivity index (χ4v) is 5.92. The first kappa shape index (κ1) is 24.9. The Bertz CT molecular complexity index is 1020. The summed E-state index contributed by atoms with van der Waals surface area (Å²) in [6.45, 7) is 0.574. The lowest BCUT2D eigenvalue weighted by Crippen LogP contribution is -2.29. The molecule has 4 rings (SSSR count). The summed E-state index contributed by atoms with van der Waals surface area (Å²) in [5, 5.41) is 5.24. The first-order chi connectivity index (χ1) is 16.6. The number of thiocarbonyl (C=S) groups is 1. The Hall–Kier alpha value is -2.23. The lowest BCUT2D eigenvalue weighted by atomic mass is 9.98. The van der Waals surface area contributed by atoms with E-state index in [1.165, 1.54) is 42.4 Å². The Kier molecular flexibility index (Phi) is 9.12. The number of carbonyl (C=O) groups excluding carboxylic acids is 2. The van der Waals surface area contributed by atoms with Crippen molar-refractivity contribution in [3.63, 3.8) is 0 Å². The van der Waals surface area contributed by atoms with Crippen LogP contribution in [0, 0.1) is 0 Å². The Morgan fingerprint density at radius 1 is 1.18 bits per heavy atom. The molecule has 1 saturated heterocycles. The van der Waals surface area contributed by atoms with E-state index in [1.54, 1.807) is 11.1 Å². The number of thiazole rings is 1. The van der Waals surface area contributed by atoms with E-state index in [0.717, 1.165) is 43.4 Å². The molecule has 1 aromatic carbocycles. The van der Waals surface area contributed by atoms with Crippen LogP contribution in [0.2, 0.25) is 0 Å². The van der Waals surface area contributed by atoms with Crippen LogP contribution in [-0.4, -0.2) is 38.7 Å². The number of rotatable bonds is 10. The van der Waals surface area contributed by atoms with Crippen molar-refractivity contribution in [3.05, 3.63) is 46.3 Å². The largest absolute Gasteiger partial charge is 0.490 e. The second-order valence-electron chi connectivity index (χ2n) is 8.48. The highest BCUT2D eigenvalue weighted by atomic mass is 32.2. The summed E-state index contributed by atoms with van der Waals surface area (Å²) in [7, 11) is 0. The van der Waals surface area contributed by atoms with Crippen molar-refractivity contribution in [2.24, 2.45) is 0 Å². The first-order valence-corrected chi connectivity index (χ1v) is 13.9. The van der Waals surface area contributed by atoms with E-state index < -0.39 is 0 Å². The number of nitrogens with zero attached hydrogens (tertiary/aromatic N) is 2. The van der Waals surface area contributed by atoms with E-state index in [9.17, 15) is 9.59 Å². The molecule has 1 N–H and O–H groups in total. The van der Waals surface area contributed by atoms with Crippen molar-refractivity contribution in [1.29, 1.82) is 0 Å². The van der Waals surface area contributed by atoms with Gasteiger partial charge in [-0.25, -0.2) is 4.98 Å². The maximum absolute atomic E-state index is 12.9. The summed E-state index contributed by atoms with van der Waals surface area (Å²) < 4.78 is 6.68. The average Bonchev–Trinajstić information content (AvgIpc) is 3.44. The number of ether oxygens (including phenoxy) is 1. The Morgan fingerprint density at radius 3 is 2.71 bits per heavy atom. The average molecular weight is 516 g/mol. The maximum atomic E-state index is 12.9. The molecule has 1 aliphatic heterocycles. The zero-order valence-corrected chi connectivity index (χ0v) is 21.5. The summed E-state index contributed by atoms with van der Waals surface area (Å²) >= 11 is 8.20. The van der Waals surface area contributed by atoms with Gasteiger partial charge in [0.15, 0.2) is 5.13 Å². The van der Waals surface area contributed by atoms with Crippen LogP contribution in [0.5, 0.6) is 5.75 Å². The van der Waals surface area contributed by atoms with Gasteiger partial charge in [-0.1, -0.05) is 49.0 Å². The van der Waals surface area contributed by atoms with Gasteiger partial charge in [0.05, 0.1) is 11.0 Å². The molecule has 2 heterocycles. The van der Waals surface area contributed by atoms with Crippen molar-refractivity contribution in [1.82, 2.24) is 9.88 Å². The number of amides is 2. The van der Waals surface area contributed by atoms with Crippen molar-refractivity contribution < 1.29 is 14.3 Å². The molecule has 0 spiro atoms. The zero-order valence-electron chi connectivity index (χ0n) is 19.0. The smallest absolute Gasteiger partial charge is 0.266 e. The number of thioether (sulfide) groups is 1. The molecule has 0 unspecified atom stereocenters. The first-order valence-electron chi connectivity index (χ1n) is 11.8. The van der Waals surface area contributed by atoms with Crippen molar-refractivity contribution >= 4 is 62.7 Å². The third-order valence-corrected chi connectivity index (χ3v) is 7.94. The monoisotopic (exact) mass is 515 g/mol. The Labute approximate surface area is 214 Å². The molecule has 0 radical (unpaired) electrons. The second kappa shape index (κ2) is 12.5. The molecule has 2 amide bonds. The molecular formula is C25H29N3O3S3. The minimum absolute atomic E-state index is 0.0290. The van der Waals surface area contributed by atoms with Crippen LogP contribution in [0.3, 0.4) is 0 Å². The third kappa shape index (κ3) is 7.13. The normalized spacial score (nSPS) is 18.0. The number of aromatic nitrogens is 1. The van der Waals surface area contributed by atoms with Crippen LogP contribution in [-0.2, 0) is 9.59 Å². The SMILES string of the molecule is O=C(CCCCCN1C(=O)/C(=C/c2ccc(OC3CCCCC3)cc2)SC1=S)Nc1nccs1. The second-order valence-corrected chi connectivity index (χ2v) is 11.0. The van der Waals surface area contributed by atoms with Crippen LogP contribution < -0.4 is 10.1 Å². The summed E-state index contributed by atoms with van der Waals surface area (Å²) in [4.78, 5) is 31.1. The number of nitrogens with one attached hydrogen (secondary N) is 1. The van der Waals surface area contributed by atoms with Crippen LogP contribution in [0.1, 0.15) is 63.4 Å². The lowest BCUT2D eigenvalue weighted by Gasteiger charge is -2.22. The van der Waals surface area contributed by atoms with Gasteiger partial charge in [0.1, 0.15) is 10.1 Å². The molecule has 2 aromatic rings. The standard InChI is InChI=1S/C25H29N3O3S3/c29-22(27-24-26-14-16-33-24)9-5-2-6-15-28-23(30)21(34-25(28)32)17-18-10-12-20(13-11-18)31-19-7-3-1-4-8-19/h10-14,16-17,19H,1-9,15H2,(H,26,27,29)/b21-17-. The van der Waals surface area contributed by atoms with Gasteiger partial charge in [0.25, 0.3) is 5.91 Å². The van der Waals surface area contributed by atoms with Crippen molar-refractivity contribution in [2.75, 3.05) is 11.9 Å². The molecule has 1 aliphatic carbocycles. The number of hydrogen-bond acceptors (Lipinski definition) is 7.